The monoisotopic (exact) mass is 471 g/mol. The molecule has 1 aliphatic heterocycles. The number of ether oxygens (including phenoxy) is 2. The first kappa shape index (κ1) is 22.7. The molecule has 0 unspecified atom stereocenters. The Morgan fingerprint density at radius 1 is 1.09 bits per heavy atom. The highest BCUT2D eigenvalue weighted by atomic mass is 32.2. The second kappa shape index (κ2) is 9.59. The number of sulfonamides is 1. The number of carbonyl (C=O) groups excluding carboxylic acids is 1. The molecule has 2 aromatic heterocycles. The van der Waals surface area contributed by atoms with E-state index in [-0.39, 0.29) is 28.3 Å². The van der Waals surface area contributed by atoms with E-state index in [1.54, 1.807) is 24.4 Å². The zero-order valence-electron chi connectivity index (χ0n) is 18.3. The summed E-state index contributed by atoms with van der Waals surface area (Å²) < 4.78 is 38.4. The van der Waals surface area contributed by atoms with Crippen molar-refractivity contribution < 1.29 is 22.7 Å². The van der Waals surface area contributed by atoms with Gasteiger partial charge in [0.15, 0.2) is 5.82 Å². The molecule has 1 aromatic carbocycles. The van der Waals surface area contributed by atoms with Crippen LogP contribution >= 0.6 is 0 Å². The van der Waals surface area contributed by atoms with E-state index in [2.05, 4.69) is 20.5 Å². The quantitative estimate of drug-likeness (QED) is 0.515. The van der Waals surface area contributed by atoms with Crippen LogP contribution in [0.5, 0.6) is 17.5 Å². The third-order valence-electron chi connectivity index (χ3n) is 4.89. The summed E-state index contributed by atoms with van der Waals surface area (Å²) in [4.78, 5) is 17.2. The van der Waals surface area contributed by atoms with Crippen LogP contribution in [-0.4, -0.2) is 53.0 Å². The lowest BCUT2D eigenvalue weighted by atomic mass is 10.2. The molecule has 3 heterocycles. The van der Waals surface area contributed by atoms with E-state index >= 15 is 0 Å². The van der Waals surface area contributed by atoms with E-state index in [1.807, 2.05) is 13.8 Å². The maximum atomic E-state index is 12.7. The molecule has 1 amide bonds. The molecule has 0 spiro atoms. The Morgan fingerprint density at radius 3 is 2.42 bits per heavy atom. The summed E-state index contributed by atoms with van der Waals surface area (Å²) in [6.45, 7) is 4.77. The number of pyridine rings is 1. The van der Waals surface area contributed by atoms with Crippen LogP contribution in [0.15, 0.2) is 53.6 Å². The van der Waals surface area contributed by atoms with E-state index in [4.69, 9.17) is 9.47 Å². The first-order valence-corrected chi connectivity index (χ1v) is 12.0. The fraction of sp³-hybridized carbons (Fsp3) is 0.318. The molecular weight excluding hydrogens is 446 g/mol. The second-order valence-corrected chi connectivity index (χ2v) is 9.74. The number of nitrogens with one attached hydrogen (secondary N) is 2. The van der Waals surface area contributed by atoms with Crippen LogP contribution in [0, 0.1) is 0 Å². The highest BCUT2D eigenvalue weighted by molar-refractivity contribution is 7.89. The lowest BCUT2D eigenvalue weighted by Crippen LogP contribution is -2.27. The molecule has 0 radical (unpaired) electrons. The van der Waals surface area contributed by atoms with E-state index in [0.29, 0.717) is 24.7 Å². The largest absolute Gasteiger partial charge is 0.475 e. The van der Waals surface area contributed by atoms with E-state index < -0.39 is 15.9 Å². The third kappa shape index (κ3) is 5.49. The molecule has 0 atom stereocenters. The van der Waals surface area contributed by atoms with Crippen molar-refractivity contribution in [1.29, 1.82) is 0 Å². The molecular formula is C22H25N5O5S. The molecule has 0 aliphatic carbocycles. The SMILES string of the molecule is CC(C)Oc1cc(C(=O)Nc2cc[nH]n2)cc(Oc2ccc(S(=O)(=O)N3CCCC3)cc2)n1. The molecule has 33 heavy (non-hydrogen) atoms. The first-order chi connectivity index (χ1) is 15.8. The Kier molecular flexibility index (Phi) is 6.61. The lowest BCUT2D eigenvalue weighted by Gasteiger charge is -2.16. The molecule has 174 valence electrons. The normalized spacial score (nSPS) is 14.4. The van der Waals surface area contributed by atoms with Gasteiger partial charge in [0.2, 0.25) is 21.8 Å². The van der Waals surface area contributed by atoms with Gasteiger partial charge < -0.3 is 14.8 Å². The Balaban J connectivity index is 1.55. The summed E-state index contributed by atoms with van der Waals surface area (Å²) in [5, 5.41) is 9.21. The summed E-state index contributed by atoms with van der Waals surface area (Å²) >= 11 is 0. The molecule has 4 rings (SSSR count). The van der Waals surface area contributed by atoms with Gasteiger partial charge in [0.05, 0.1) is 16.6 Å². The zero-order chi connectivity index (χ0) is 23.4. The number of anilines is 1. The standard InChI is InChI=1S/C22H25N5O5S/c1-15(2)31-20-13-16(22(28)24-19-9-10-23-26-19)14-21(25-20)32-17-5-7-18(8-6-17)33(29,30)27-11-3-4-12-27/h5-10,13-15H,3-4,11-12H2,1-2H3,(H2,23,24,26,28). The predicted molar refractivity (Wildman–Crippen MR) is 121 cm³/mol. The van der Waals surface area contributed by atoms with Gasteiger partial charge in [-0.3, -0.25) is 9.89 Å². The minimum Gasteiger partial charge on any atom is -0.475 e. The number of nitrogens with zero attached hydrogens (tertiary/aromatic N) is 3. The van der Waals surface area contributed by atoms with Crippen molar-refractivity contribution >= 4 is 21.7 Å². The van der Waals surface area contributed by atoms with Crippen LogP contribution in [0.25, 0.3) is 0 Å². The molecule has 1 fully saturated rings. The Bertz CT molecular complexity index is 1200. The van der Waals surface area contributed by atoms with Crippen molar-refractivity contribution in [2.45, 2.75) is 37.7 Å². The molecule has 2 N–H and O–H groups in total. The summed E-state index contributed by atoms with van der Waals surface area (Å²) in [7, 11) is -3.51. The van der Waals surface area contributed by atoms with Gasteiger partial charge in [-0.1, -0.05) is 0 Å². The summed E-state index contributed by atoms with van der Waals surface area (Å²) in [5.74, 6) is 0.706. The van der Waals surface area contributed by atoms with Crippen LogP contribution in [-0.2, 0) is 10.0 Å². The van der Waals surface area contributed by atoms with Crippen molar-refractivity contribution in [3.05, 3.63) is 54.2 Å². The maximum absolute atomic E-state index is 12.7. The van der Waals surface area contributed by atoms with Crippen LogP contribution in [0.1, 0.15) is 37.0 Å². The van der Waals surface area contributed by atoms with Crippen molar-refractivity contribution in [2.24, 2.45) is 0 Å². The number of benzene rings is 1. The first-order valence-electron chi connectivity index (χ1n) is 10.6. The highest BCUT2D eigenvalue weighted by Gasteiger charge is 2.27. The van der Waals surface area contributed by atoms with Gasteiger partial charge in [-0.15, -0.1) is 0 Å². The van der Waals surface area contributed by atoms with Gasteiger partial charge in [-0.05, 0) is 51.0 Å². The number of carbonyl (C=O) groups is 1. The number of hydrogen-bond acceptors (Lipinski definition) is 7. The third-order valence-corrected chi connectivity index (χ3v) is 6.80. The molecule has 1 saturated heterocycles. The predicted octanol–water partition coefficient (Wildman–Crippen LogP) is 3.42. The molecule has 0 saturated carbocycles. The van der Waals surface area contributed by atoms with Gasteiger partial charge in [-0.25, -0.2) is 8.42 Å². The van der Waals surface area contributed by atoms with Crippen LogP contribution in [0.2, 0.25) is 0 Å². The molecule has 0 bridgehead atoms. The average Bonchev–Trinajstić information content (AvgIpc) is 3.48. The Morgan fingerprint density at radius 2 is 1.79 bits per heavy atom. The fourth-order valence-electron chi connectivity index (χ4n) is 3.36. The van der Waals surface area contributed by atoms with Crippen LogP contribution in [0.4, 0.5) is 5.82 Å². The second-order valence-electron chi connectivity index (χ2n) is 7.80. The number of aromatic amines is 1. The van der Waals surface area contributed by atoms with E-state index in [0.717, 1.165) is 12.8 Å². The fourth-order valence-corrected chi connectivity index (χ4v) is 4.88. The van der Waals surface area contributed by atoms with Crippen molar-refractivity contribution in [3.8, 4) is 17.5 Å². The molecule has 1 aliphatic rings. The Hall–Kier alpha value is -3.44. The number of H-pyrrole nitrogens is 1. The highest BCUT2D eigenvalue weighted by Crippen LogP contribution is 2.27. The Labute approximate surface area is 192 Å². The summed E-state index contributed by atoms with van der Waals surface area (Å²) in [6.07, 6.45) is 3.18. The van der Waals surface area contributed by atoms with Gasteiger partial charge in [0, 0.05) is 37.5 Å². The van der Waals surface area contributed by atoms with Crippen molar-refractivity contribution in [1.82, 2.24) is 19.5 Å². The van der Waals surface area contributed by atoms with Crippen molar-refractivity contribution in [3.63, 3.8) is 0 Å². The van der Waals surface area contributed by atoms with Crippen molar-refractivity contribution in [2.75, 3.05) is 18.4 Å². The van der Waals surface area contributed by atoms with Crippen LogP contribution < -0.4 is 14.8 Å². The maximum Gasteiger partial charge on any atom is 0.257 e. The molecule has 3 aromatic rings. The summed E-state index contributed by atoms with van der Waals surface area (Å²) in [5.41, 5.74) is 0.270. The molecule has 10 nitrogen and oxygen atoms in total. The van der Waals surface area contributed by atoms with Gasteiger partial charge in [0.1, 0.15) is 5.75 Å². The lowest BCUT2D eigenvalue weighted by molar-refractivity contribution is 0.102. The minimum atomic E-state index is -3.51. The number of aromatic nitrogens is 3. The van der Waals surface area contributed by atoms with Gasteiger partial charge >= 0.3 is 0 Å². The zero-order valence-corrected chi connectivity index (χ0v) is 19.1. The summed E-state index contributed by atoms with van der Waals surface area (Å²) in [6, 6.07) is 10.7. The van der Waals surface area contributed by atoms with Gasteiger partial charge in [-0.2, -0.15) is 14.4 Å². The number of amides is 1. The number of hydrogen-bond donors (Lipinski definition) is 2. The average molecular weight is 472 g/mol. The topological polar surface area (TPSA) is 127 Å². The molecule has 11 heteroatoms. The number of rotatable bonds is 8. The van der Waals surface area contributed by atoms with Crippen LogP contribution in [0.3, 0.4) is 0 Å². The van der Waals surface area contributed by atoms with E-state index in [1.165, 1.54) is 28.6 Å². The van der Waals surface area contributed by atoms with E-state index in [9.17, 15) is 13.2 Å². The van der Waals surface area contributed by atoms with Gasteiger partial charge in [0.25, 0.3) is 5.91 Å². The minimum absolute atomic E-state index is 0.135. The smallest absolute Gasteiger partial charge is 0.257 e.